The van der Waals surface area contributed by atoms with Crippen LogP contribution in [0.1, 0.15) is 16.7 Å². The summed E-state index contributed by atoms with van der Waals surface area (Å²) >= 11 is 0. The molecule has 0 aliphatic heterocycles. The molecule has 0 aromatic heterocycles. The van der Waals surface area contributed by atoms with Crippen molar-refractivity contribution in [2.45, 2.75) is 20.1 Å². The van der Waals surface area contributed by atoms with Gasteiger partial charge in [-0.15, -0.1) is 0 Å². The van der Waals surface area contributed by atoms with E-state index >= 15 is 0 Å². The topological polar surface area (TPSA) is 30.5 Å². The van der Waals surface area contributed by atoms with Crippen LogP contribution in [-0.4, -0.2) is 14.2 Å². The summed E-state index contributed by atoms with van der Waals surface area (Å²) < 4.78 is 11.2. The normalized spacial score (nSPS) is 10.3. The number of benzene rings is 2. The minimum Gasteiger partial charge on any atom is -0.497 e. The highest BCUT2D eigenvalue weighted by Crippen LogP contribution is 2.22. The molecular weight excluding hydrogens is 250 g/mol. The van der Waals surface area contributed by atoms with Crippen LogP contribution < -0.4 is 14.8 Å². The number of hydrogen-bond donors (Lipinski definition) is 1. The molecule has 2 aromatic carbocycles. The second-order valence-electron chi connectivity index (χ2n) is 4.78. The number of nitrogens with one attached hydrogen (secondary N) is 1. The summed E-state index contributed by atoms with van der Waals surface area (Å²) in [4.78, 5) is 0. The maximum Gasteiger partial charge on any atom is 0.124 e. The molecule has 3 heteroatoms. The number of aryl methyl sites for hydroxylation is 1. The largest absolute Gasteiger partial charge is 0.497 e. The molecule has 3 nitrogen and oxygen atoms in total. The van der Waals surface area contributed by atoms with Crippen LogP contribution in [0.2, 0.25) is 0 Å². The predicted octanol–water partition coefficient (Wildman–Crippen LogP) is 3.30. The zero-order valence-corrected chi connectivity index (χ0v) is 12.3. The molecule has 0 amide bonds. The van der Waals surface area contributed by atoms with Crippen molar-refractivity contribution < 1.29 is 9.47 Å². The van der Waals surface area contributed by atoms with Gasteiger partial charge < -0.3 is 14.8 Å². The Kier molecular flexibility index (Phi) is 5.02. The number of ether oxygens (including phenoxy) is 2. The zero-order valence-electron chi connectivity index (χ0n) is 12.3. The predicted molar refractivity (Wildman–Crippen MR) is 81.3 cm³/mol. The Morgan fingerprint density at radius 3 is 2.70 bits per heavy atom. The third-order valence-corrected chi connectivity index (χ3v) is 3.11. The Hall–Kier alpha value is -2.00. The van der Waals surface area contributed by atoms with E-state index in [4.69, 9.17) is 9.47 Å². The second kappa shape index (κ2) is 6.96. The molecule has 0 aliphatic rings. The van der Waals surface area contributed by atoms with E-state index in [1.807, 2.05) is 37.4 Å². The van der Waals surface area contributed by atoms with Crippen LogP contribution in [0.15, 0.2) is 42.5 Å². The van der Waals surface area contributed by atoms with Gasteiger partial charge in [-0.25, -0.2) is 0 Å². The third-order valence-electron chi connectivity index (χ3n) is 3.11. The van der Waals surface area contributed by atoms with Crippen molar-refractivity contribution in [3.63, 3.8) is 0 Å². The highest BCUT2D eigenvalue weighted by Gasteiger charge is 2.04. The van der Waals surface area contributed by atoms with Gasteiger partial charge in [-0.2, -0.15) is 0 Å². The third kappa shape index (κ3) is 3.75. The summed E-state index contributed by atoms with van der Waals surface area (Å²) in [6.45, 7) is 3.43. The SMILES string of the molecule is CNCc1cc(C)ccc1OCc1cccc(OC)c1. The lowest BCUT2D eigenvalue weighted by atomic mass is 10.1. The first-order chi connectivity index (χ1) is 9.72. The molecule has 106 valence electrons. The highest BCUT2D eigenvalue weighted by atomic mass is 16.5. The van der Waals surface area contributed by atoms with Crippen molar-refractivity contribution in [1.82, 2.24) is 5.32 Å². The number of hydrogen-bond acceptors (Lipinski definition) is 3. The van der Waals surface area contributed by atoms with E-state index in [0.29, 0.717) is 6.61 Å². The van der Waals surface area contributed by atoms with Crippen molar-refractivity contribution in [2.75, 3.05) is 14.2 Å². The molecule has 0 radical (unpaired) electrons. The Balaban J connectivity index is 2.09. The first-order valence-electron chi connectivity index (χ1n) is 6.73. The van der Waals surface area contributed by atoms with E-state index in [-0.39, 0.29) is 0 Å². The molecule has 0 unspecified atom stereocenters. The molecule has 0 saturated heterocycles. The lowest BCUT2D eigenvalue weighted by Gasteiger charge is -2.12. The van der Waals surface area contributed by atoms with Gasteiger partial charge in [0.15, 0.2) is 0 Å². The van der Waals surface area contributed by atoms with E-state index in [1.165, 1.54) is 11.1 Å². The van der Waals surface area contributed by atoms with Crippen LogP contribution in [0.4, 0.5) is 0 Å². The molecule has 0 spiro atoms. The summed E-state index contributed by atoms with van der Waals surface area (Å²) in [5.41, 5.74) is 3.51. The van der Waals surface area contributed by atoms with E-state index < -0.39 is 0 Å². The van der Waals surface area contributed by atoms with Crippen molar-refractivity contribution in [3.8, 4) is 11.5 Å². The van der Waals surface area contributed by atoms with Gasteiger partial charge in [-0.3, -0.25) is 0 Å². The highest BCUT2D eigenvalue weighted by molar-refractivity contribution is 5.37. The molecule has 0 saturated carbocycles. The van der Waals surface area contributed by atoms with Gasteiger partial charge in [0.1, 0.15) is 18.1 Å². The maximum atomic E-state index is 5.93. The quantitative estimate of drug-likeness (QED) is 0.874. The monoisotopic (exact) mass is 271 g/mol. The van der Waals surface area contributed by atoms with Crippen LogP contribution in [-0.2, 0) is 13.2 Å². The average Bonchev–Trinajstić information content (AvgIpc) is 2.47. The van der Waals surface area contributed by atoms with Gasteiger partial charge in [-0.05, 0) is 37.7 Å². The van der Waals surface area contributed by atoms with E-state index in [9.17, 15) is 0 Å². The number of rotatable bonds is 6. The summed E-state index contributed by atoms with van der Waals surface area (Å²) in [7, 11) is 3.61. The molecule has 0 fully saturated rings. The summed E-state index contributed by atoms with van der Waals surface area (Å²) in [6.07, 6.45) is 0. The first kappa shape index (κ1) is 14.4. The summed E-state index contributed by atoms with van der Waals surface area (Å²) in [6, 6.07) is 14.2. The van der Waals surface area contributed by atoms with Gasteiger partial charge >= 0.3 is 0 Å². The lowest BCUT2D eigenvalue weighted by molar-refractivity contribution is 0.301. The van der Waals surface area contributed by atoms with Gasteiger partial charge in [0.05, 0.1) is 7.11 Å². The molecule has 0 atom stereocenters. The van der Waals surface area contributed by atoms with Gasteiger partial charge in [0.25, 0.3) is 0 Å². The van der Waals surface area contributed by atoms with Crippen molar-refractivity contribution in [1.29, 1.82) is 0 Å². The van der Waals surface area contributed by atoms with E-state index in [1.54, 1.807) is 7.11 Å². The fourth-order valence-electron chi connectivity index (χ4n) is 2.10. The minimum atomic E-state index is 0.539. The van der Waals surface area contributed by atoms with Crippen molar-refractivity contribution >= 4 is 0 Å². The van der Waals surface area contributed by atoms with E-state index in [2.05, 4.69) is 24.4 Å². The Morgan fingerprint density at radius 2 is 1.95 bits per heavy atom. The Bertz CT molecular complexity index is 567. The standard InChI is InChI=1S/C17H21NO2/c1-13-7-8-17(15(9-13)11-18-2)20-12-14-5-4-6-16(10-14)19-3/h4-10,18H,11-12H2,1-3H3. The van der Waals surface area contributed by atoms with Crippen LogP contribution >= 0.6 is 0 Å². The van der Waals surface area contributed by atoms with Crippen LogP contribution in [0.3, 0.4) is 0 Å². The fraction of sp³-hybridized carbons (Fsp3) is 0.294. The van der Waals surface area contributed by atoms with Crippen LogP contribution in [0.25, 0.3) is 0 Å². The smallest absolute Gasteiger partial charge is 0.124 e. The first-order valence-corrected chi connectivity index (χ1v) is 6.73. The molecule has 1 N–H and O–H groups in total. The summed E-state index contributed by atoms with van der Waals surface area (Å²) in [5.74, 6) is 1.78. The van der Waals surface area contributed by atoms with E-state index in [0.717, 1.165) is 23.6 Å². The lowest BCUT2D eigenvalue weighted by Crippen LogP contribution is -2.08. The molecule has 2 aromatic rings. The Labute approximate surface area is 120 Å². The molecule has 0 aliphatic carbocycles. The molecule has 20 heavy (non-hydrogen) atoms. The van der Waals surface area contributed by atoms with Crippen molar-refractivity contribution in [2.24, 2.45) is 0 Å². The average molecular weight is 271 g/mol. The molecular formula is C17H21NO2. The van der Waals surface area contributed by atoms with Crippen LogP contribution in [0.5, 0.6) is 11.5 Å². The second-order valence-corrected chi connectivity index (χ2v) is 4.78. The Morgan fingerprint density at radius 1 is 1.10 bits per heavy atom. The van der Waals surface area contributed by atoms with Gasteiger partial charge in [-0.1, -0.05) is 29.8 Å². The van der Waals surface area contributed by atoms with Gasteiger partial charge in [0, 0.05) is 12.1 Å². The molecule has 2 rings (SSSR count). The van der Waals surface area contributed by atoms with Crippen molar-refractivity contribution in [3.05, 3.63) is 59.2 Å². The minimum absolute atomic E-state index is 0.539. The zero-order chi connectivity index (χ0) is 14.4. The van der Waals surface area contributed by atoms with Crippen LogP contribution in [0, 0.1) is 6.92 Å². The maximum absolute atomic E-state index is 5.93. The molecule has 0 heterocycles. The summed E-state index contributed by atoms with van der Waals surface area (Å²) in [5, 5.41) is 3.17. The number of methoxy groups -OCH3 is 1. The fourth-order valence-corrected chi connectivity index (χ4v) is 2.10. The molecule has 0 bridgehead atoms. The van der Waals surface area contributed by atoms with Gasteiger partial charge in [0.2, 0.25) is 0 Å².